The van der Waals surface area contributed by atoms with Crippen LogP contribution in [-0.2, 0) is 127 Å². The Hall–Kier alpha value is -11.0. The third-order valence-electron chi connectivity index (χ3n) is 13.7. The number of carboxylic acids is 1. The van der Waals surface area contributed by atoms with E-state index in [9.17, 15) is 163 Å². The van der Waals surface area contributed by atoms with Crippen LogP contribution in [0, 0.1) is 68.1 Å². The van der Waals surface area contributed by atoms with Crippen LogP contribution in [0.3, 0.4) is 0 Å². The normalized spacial score (nSPS) is 11.1. The van der Waals surface area contributed by atoms with Gasteiger partial charge >= 0.3 is 49.2 Å². The summed E-state index contributed by atoms with van der Waals surface area (Å²) in [5.74, 6) is -2.75. The molecule has 0 aromatic heterocycles. The van der Waals surface area contributed by atoms with Crippen LogP contribution in [-0.4, -0.2) is 101 Å². The fourth-order valence-corrected chi connectivity index (χ4v) is 9.36. The smallest absolute Gasteiger partial charge is 0.417 e. The number of phenols is 1. The third kappa shape index (κ3) is 35.3. The standard InChI is InChI=1S/C10H10F3NO4.C10H12F3NO2.C9H7BrF3NO3.C9H8F3NO4.C9H8F3NO3.C8H4F3NO4.C8H6F3NO3.C2H6.CH3.Pd/c1-17-5-7-8(10(11,12)13)3-6(14(15)16)4-9(7)18-2;1-15-5-7-8(10(11,12)13)3-6(14)4-9(7)16-2;1-17-4-6-7(9(11,12)13)2-5(14(15)16)3-8(6)10;1-17-4-6-7(9(10,11)12)2-5(13(15)16)3-8(6)14;1-16-5-6-2-3-7(13(14)15)4-8(6)9(10,11)12;9-8(10,11)6-3-4(12(15)16)1-2-5(6)7(13)14;9-8(10,11)7-3-6(12(14)15)2-1-5(7)4-13;1-2;;/h3-4H,5H2,1-2H3;3-4H,5,14H2,1-2H3;2-3H,4H2,1H3;2-3,14H,4H2,1H3;2-4H,5H2,1H3;1-3H,(H,13,14);1-3,13H,4H2;1-2H3;1H3;/q;;;;;;;;-1;. The molecular weight excluding hydrogens is 1840 g/mol. The number of aromatic carboxylic acids is 1. The summed E-state index contributed by atoms with van der Waals surface area (Å²) in [6.07, 6.45) is -32.9. The number of aliphatic hydroxyl groups excluding tert-OH is 1. The molecule has 0 fully saturated rings. The van der Waals surface area contributed by atoms with Crippen molar-refractivity contribution in [3.8, 4) is 17.2 Å². The second-order valence-corrected chi connectivity index (χ2v) is 22.3. The number of methoxy groups -OCH3 is 7. The van der Waals surface area contributed by atoms with Crippen molar-refractivity contribution in [2.75, 3.05) is 55.5 Å². The summed E-state index contributed by atoms with van der Waals surface area (Å²) in [6.45, 7) is 1.64. The predicted molar refractivity (Wildman–Crippen MR) is 371 cm³/mol. The summed E-state index contributed by atoms with van der Waals surface area (Å²) in [6, 6.07) is 12.4. The zero-order chi connectivity index (χ0) is 91.2. The Bertz CT molecular complexity index is 4490. The molecule has 0 aliphatic heterocycles. The van der Waals surface area contributed by atoms with Gasteiger partial charge in [0.2, 0.25) is 0 Å². The summed E-state index contributed by atoms with van der Waals surface area (Å²) in [5, 5.41) is 88.8. The second-order valence-electron chi connectivity index (χ2n) is 21.4. The van der Waals surface area contributed by atoms with Crippen molar-refractivity contribution in [1.82, 2.24) is 0 Å². The van der Waals surface area contributed by atoms with Crippen molar-refractivity contribution in [1.29, 1.82) is 0 Å². The number of aromatic hydroxyl groups is 1. The van der Waals surface area contributed by atoms with Gasteiger partial charge < -0.3 is 61.6 Å². The van der Waals surface area contributed by atoms with E-state index in [1.807, 2.05) is 13.8 Å². The summed E-state index contributed by atoms with van der Waals surface area (Å²) in [4.78, 5) is 67.2. The SMILES string of the molecule is CC.COCc1c(Br)cc([N+](=O)[O-])cc1C(F)(F)F.COCc1c(O)cc([N+](=O)[O-])cc1C(F)(F)F.COCc1c(OC)cc(N)cc1C(F)(F)F.COCc1c(OC)cc([N+](=O)[O-])cc1C(F)(F)F.COCc1ccc([N+](=O)[O-])cc1C(F)(F)F.O=C(O)c1ccc([N+](=O)[O-])cc1C(F)(F)F.O=[N+]([O-])c1ccc(CO)c(C(F)(F)F)c1.[CH3-].[Pd]. The first-order chi connectivity index (χ1) is 53.7. The van der Waals surface area contributed by atoms with Crippen molar-refractivity contribution in [2.24, 2.45) is 0 Å². The van der Waals surface area contributed by atoms with Crippen LogP contribution in [0.2, 0.25) is 0 Å². The number of ether oxygens (including phenoxy) is 7. The molecule has 7 aromatic carbocycles. The van der Waals surface area contributed by atoms with Gasteiger partial charge in [0.25, 0.3) is 34.1 Å². The molecule has 666 valence electrons. The topological polar surface area (TPSA) is 427 Å². The van der Waals surface area contributed by atoms with Gasteiger partial charge in [-0.1, -0.05) is 29.8 Å². The number of nitro benzene ring substituents is 6. The van der Waals surface area contributed by atoms with Crippen molar-refractivity contribution in [3.05, 3.63) is 254 Å². The number of nitrogens with zero attached hydrogens (tertiary/aromatic N) is 6. The van der Waals surface area contributed by atoms with Gasteiger partial charge in [-0.2, -0.15) is 92.2 Å². The molecule has 7 aromatic rings. The quantitative estimate of drug-likeness (QED) is 0.0137. The Kier molecular flexibility index (Phi) is 46.0. The van der Waals surface area contributed by atoms with Crippen molar-refractivity contribution >= 4 is 61.7 Å². The molecule has 0 radical (unpaired) electrons. The minimum absolute atomic E-state index is 0. The van der Waals surface area contributed by atoms with E-state index in [0.717, 1.165) is 56.7 Å². The summed E-state index contributed by atoms with van der Waals surface area (Å²) < 4.78 is 297. The van der Waals surface area contributed by atoms with E-state index in [1.54, 1.807) is 0 Å². The predicted octanol–water partition coefficient (Wildman–Crippen LogP) is 19.9. The van der Waals surface area contributed by atoms with Gasteiger partial charge in [-0.15, -0.1) is 0 Å². The van der Waals surface area contributed by atoms with E-state index < -0.39 is 182 Å². The number of hydrogen-bond acceptors (Lipinski definition) is 23. The molecule has 0 atom stereocenters. The minimum atomic E-state index is -4.94. The number of carbonyl (C=O) groups is 1. The van der Waals surface area contributed by atoms with Crippen LogP contribution in [0.25, 0.3) is 0 Å². The van der Waals surface area contributed by atoms with Crippen LogP contribution in [0.1, 0.15) is 96.5 Å². The minimum Gasteiger partial charge on any atom is -0.507 e. The number of phenolic OH excluding ortho intramolecular Hbond substituents is 1. The number of aliphatic hydroxyl groups is 1. The fourth-order valence-electron chi connectivity index (χ4n) is 8.80. The number of hydrogen-bond donors (Lipinski definition) is 4. The summed E-state index contributed by atoms with van der Waals surface area (Å²) >= 11 is 2.88. The van der Waals surface area contributed by atoms with Crippen LogP contribution < -0.4 is 15.2 Å². The molecule has 0 saturated carbocycles. The van der Waals surface area contributed by atoms with E-state index in [2.05, 4.69) is 34.9 Å². The molecule has 53 heteroatoms. The number of nitrogen functional groups attached to an aromatic ring is 1. The first-order valence-corrected chi connectivity index (χ1v) is 31.4. The molecule has 0 spiro atoms. The van der Waals surface area contributed by atoms with E-state index in [0.29, 0.717) is 48.5 Å². The van der Waals surface area contributed by atoms with Crippen LogP contribution in [0.4, 0.5) is 132 Å². The molecule has 5 N–H and O–H groups in total. The Labute approximate surface area is 677 Å². The Balaban J connectivity index is -0.00000131. The number of rotatable bonds is 20. The van der Waals surface area contributed by atoms with Gasteiger partial charge in [0.15, 0.2) is 0 Å². The fraction of sp³-hybridized carbons (Fsp3) is 0.333. The molecule has 0 aliphatic rings. The van der Waals surface area contributed by atoms with E-state index in [4.69, 9.17) is 30.2 Å². The van der Waals surface area contributed by atoms with Gasteiger partial charge in [0, 0.05) is 155 Å². The maximum Gasteiger partial charge on any atom is 0.417 e. The molecule has 0 unspecified atom stereocenters. The Morgan fingerprint density at radius 1 is 0.378 bits per heavy atom. The molecule has 119 heavy (non-hydrogen) atoms. The first kappa shape index (κ1) is 112. The first-order valence-electron chi connectivity index (χ1n) is 30.6. The second kappa shape index (κ2) is 48.8. The molecule has 0 amide bonds. The monoisotopic (exact) mass is 1910 g/mol. The molecule has 7 rings (SSSR count). The zero-order valence-corrected chi connectivity index (χ0v) is 65.1. The van der Waals surface area contributed by atoms with Crippen LogP contribution in [0.15, 0.2) is 108 Å². The number of halogens is 22. The Morgan fingerprint density at radius 2 is 0.647 bits per heavy atom. The number of benzene rings is 7. The average molecular weight is 1910 g/mol. The third-order valence-corrected chi connectivity index (χ3v) is 14.4. The molecule has 0 aliphatic carbocycles. The van der Waals surface area contributed by atoms with Crippen LogP contribution >= 0.6 is 15.9 Å². The number of anilines is 1. The number of nitrogens with two attached hydrogens (primary N) is 1. The van der Waals surface area contributed by atoms with E-state index in [-0.39, 0.29) is 110 Å². The number of carboxylic acid groups (broad SMARTS) is 1. The molecule has 0 heterocycles. The summed E-state index contributed by atoms with van der Waals surface area (Å²) in [5.41, 5.74) is -9.37. The molecule has 0 bridgehead atoms. The molecular formula is C66H64BrF21N7O23Pd-. The maximum absolute atomic E-state index is 12.8. The number of non-ortho nitro benzene ring substituents is 6. The van der Waals surface area contributed by atoms with E-state index >= 15 is 0 Å². The van der Waals surface area contributed by atoms with Crippen molar-refractivity contribution in [3.63, 3.8) is 0 Å². The van der Waals surface area contributed by atoms with Gasteiger partial charge in [-0.05, 0) is 35.4 Å². The number of alkyl halides is 21. The van der Waals surface area contributed by atoms with Gasteiger partial charge in [0.1, 0.15) is 17.2 Å². The van der Waals surface area contributed by atoms with Gasteiger partial charge in [0.05, 0.1) is 140 Å². The molecule has 0 saturated heterocycles. The summed E-state index contributed by atoms with van der Waals surface area (Å²) in [7, 11) is 8.61. The molecule has 30 nitrogen and oxygen atoms in total. The zero-order valence-electron chi connectivity index (χ0n) is 62.0. The average Bonchev–Trinajstić information content (AvgIpc) is 0.805. The van der Waals surface area contributed by atoms with Gasteiger partial charge in [-0.3, -0.25) is 60.7 Å². The van der Waals surface area contributed by atoms with Gasteiger partial charge in [-0.25, -0.2) is 4.79 Å². The van der Waals surface area contributed by atoms with Crippen LogP contribution in [0.5, 0.6) is 17.2 Å². The van der Waals surface area contributed by atoms with E-state index in [1.165, 1.54) is 41.6 Å². The van der Waals surface area contributed by atoms with Crippen molar-refractivity contribution in [2.45, 2.75) is 96.7 Å². The largest absolute Gasteiger partial charge is 0.507 e. The Morgan fingerprint density at radius 3 is 0.975 bits per heavy atom. The number of nitro groups is 6. The maximum atomic E-state index is 12.8. The van der Waals surface area contributed by atoms with Crippen molar-refractivity contribution < 1.29 is 195 Å².